The molecule has 0 aromatic heterocycles. The lowest BCUT2D eigenvalue weighted by Gasteiger charge is -2.26. The van der Waals surface area contributed by atoms with Crippen LogP contribution in [0.2, 0.25) is 5.02 Å². The van der Waals surface area contributed by atoms with Crippen LogP contribution < -0.4 is 10.5 Å². The second-order valence-electron chi connectivity index (χ2n) is 4.80. The molecular formula is C14H20ClNO2. The topological polar surface area (TPSA) is 55.5 Å². The van der Waals surface area contributed by atoms with Crippen molar-refractivity contribution in [2.24, 2.45) is 5.73 Å². The van der Waals surface area contributed by atoms with Crippen LogP contribution in [-0.2, 0) is 12.8 Å². The van der Waals surface area contributed by atoms with E-state index in [2.05, 4.69) is 0 Å². The Labute approximate surface area is 113 Å². The molecule has 0 radical (unpaired) electrons. The Morgan fingerprint density at radius 3 is 2.50 bits per heavy atom. The van der Waals surface area contributed by atoms with E-state index in [9.17, 15) is 5.11 Å². The van der Waals surface area contributed by atoms with Gasteiger partial charge in [-0.25, -0.2) is 0 Å². The highest BCUT2D eigenvalue weighted by molar-refractivity contribution is 6.33. The van der Waals surface area contributed by atoms with Gasteiger partial charge in [0.15, 0.2) is 0 Å². The van der Waals surface area contributed by atoms with Gasteiger partial charge in [0.1, 0.15) is 5.75 Å². The predicted octanol–water partition coefficient (Wildman–Crippen LogP) is 2.53. The van der Waals surface area contributed by atoms with E-state index in [0.717, 1.165) is 30.4 Å². The minimum Gasteiger partial charge on any atom is -0.495 e. The molecule has 3 N–H and O–H groups in total. The van der Waals surface area contributed by atoms with Gasteiger partial charge in [-0.15, -0.1) is 0 Å². The molecule has 1 aromatic carbocycles. The summed E-state index contributed by atoms with van der Waals surface area (Å²) in [5, 5.41) is 10.7. The van der Waals surface area contributed by atoms with Gasteiger partial charge < -0.3 is 15.6 Å². The average Bonchev–Trinajstić information content (AvgIpc) is 2.41. The molecule has 0 bridgehead atoms. The third kappa shape index (κ3) is 2.11. The number of halogens is 1. The Kier molecular flexibility index (Phi) is 4.15. The van der Waals surface area contributed by atoms with E-state index in [4.69, 9.17) is 22.1 Å². The molecule has 100 valence electrons. The van der Waals surface area contributed by atoms with Crippen molar-refractivity contribution >= 4 is 11.6 Å². The van der Waals surface area contributed by atoms with Gasteiger partial charge in [0, 0.05) is 12.1 Å². The van der Waals surface area contributed by atoms with Crippen LogP contribution >= 0.6 is 11.6 Å². The van der Waals surface area contributed by atoms with Crippen molar-refractivity contribution in [3.05, 3.63) is 27.3 Å². The van der Waals surface area contributed by atoms with Crippen LogP contribution in [0.4, 0.5) is 0 Å². The summed E-state index contributed by atoms with van der Waals surface area (Å²) in [7, 11) is 1.59. The Morgan fingerprint density at radius 2 is 1.94 bits per heavy atom. The first-order chi connectivity index (χ1) is 8.61. The normalized spacial score (nSPS) is 16.3. The highest BCUT2D eigenvalue weighted by atomic mass is 35.5. The monoisotopic (exact) mass is 269 g/mol. The van der Waals surface area contributed by atoms with E-state index in [0.29, 0.717) is 10.8 Å². The number of benzene rings is 1. The maximum absolute atomic E-state index is 10.1. The van der Waals surface area contributed by atoms with E-state index in [1.165, 1.54) is 17.5 Å². The SMILES string of the molecule is COc1c(Cl)c2c(c(C)c1C(O)CN)CCCC2. The number of nitrogens with two attached hydrogens (primary N) is 1. The zero-order chi connectivity index (χ0) is 13.3. The molecule has 3 nitrogen and oxygen atoms in total. The summed E-state index contributed by atoms with van der Waals surface area (Å²) >= 11 is 6.43. The zero-order valence-electron chi connectivity index (χ0n) is 10.9. The van der Waals surface area contributed by atoms with Gasteiger partial charge in [0.25, 0.3) is 0 Å². The third-order valence-electron chi connectivity index (χ3n) is 3.79. The van der Waals surface area contributed by atoms with Crippen LogP contribution in [-0.4, -0.2) is 18.8 Å². The number of hydrogen-bond acceptors (Lipinski definition) is 3. The van der Waals surface area contributed by atoms with E-state index in [1.54, 1.807) is 7.11 Å². The van der Waals surface area contributed by atoms with Crippen molar-refractivity contribution in [2.75, 3.05) is 13.7 Å². The number of rotatable bonds is 3. The molecular weight excluding hydrogens is 250 g/mol. The van der Waals surface area contributed by atoms with Crippen molar-refractivity contribution in [1.82, 2.24) is 0 Å². The van der Waals surface area contributed by atoms with Crippen LogP contribution in [0.25, 0.3) is 0 Å². The van der Waals surface area contributed by atoms with Crippen LogP contribution in [0.15, 0.2) is 0 Å². The first kappa shape index (κ1) is 13.7. The number of ether oxygens (including phenoxy) is 1. The number of aliphatic hydroxyl groups is 1. The van der Waals surface area contributed by atoms with Crippen LogP contribution in [0.3, 0.4) is 0 Å². The van der Waals surface area contributed by atoms with E-state index in [1.807, 2.05) is 6.92 Å². The second kappa shape index (κ2) is 5.47. The van der Waals surface area contributed by atoms with E-state index >= 15 is 0 Å². The van der Waals surface area contributed by atoms with Crippen molar-refractivity contribution in [3.63, 3.8) is 0 Å². The molecule has 0 aliphatic heterocycles. The maximum atomic E-state index is 10.1. The molecule has 0 amide bonds. The van der Waals surface area contributed by atoms with Crippen LogP contribution in [0, 0.1) is 6.92 Å². The molecule has 1 aliphatic rings. The smallest absolute Gasteiger partial charge is 0.143 e. The number of aliphatic hydroxyl groups excluding tert-OH is 1. The van der Waals surface area contributed by atoms with Crippen molar-refractivity contribution < 1.29 is 9.84 Å². The van der Waals surface area contributed by atoms with Crippen molar-refractivity contribution in [3.8, 4) is 5.75 Å². The van der Waals surface area contributed by atoms with Gasteiger partial charge in [-0.05, 0) is 49.3 Å². The Morgan fingerprint density at radius 1 is 1.33 bits per heavy atom. The van der Waals surface area contributed by atoms with Crippen LogP contribution in [0.1, 0.15) is 41.2 Å². The molecule has 1 aromatic rings. The summed E-state index contributed by atoms with van der Waals surface area (Å²) in [4.78, 5) is 0. The fraction of sp³-hybridized carbons (Fsp3) is 0.571. The molecule has 0 saturated heterocycles. The minimum atomic E-state index is -0.718. The summed E-state index contributed by atoms with van der Waals surface area (Å²) in [6.07, 6.45) is 3.63. The van der Waals surface area contributed by atoms with Gasteiger partial charge >= 0.3 is 0 Å². The number of hydrogen-bond donors (Lipinski definition) is 2. The fourth-order valence-corrected chi connectivity index (χ4v) is 3.26. The summed E-state index contributed by atoms with van der Waals surface area (Å²) in [6, 6.07) is 0. The third-order valence-corrected chi connectivity index (χ3v) is 4.19. The predicted molar refractivity (Wildman–Crippen MR) is 73.4 cm³/mol. The zero-order valence-corrected chi connectivity index (χ0v) is 11.7. The summed E-state index contributed by atoms with van der Waals surface area (Å²) in [5.41, 5.74) is 9.87. The van der Waals surface area contributed by atoms with Crippen LogP contribution in [0.5, 0.6) is 5.75 Å². The second-order valence-corrected chi connectivity index (χ2v) is 5.18. The largest absolute Gasteiger partial charge is 0.495 e. The lowest BCUT2D eigenvalue weighted by Crippen LogP contribution is -2.17. The van der Waals surface area contributed by atoms with Gasteiger partial charge in [0.2, 0.25) is 0 Å². The Balaban J connectivity index is 2.68. The number of methoxy groups -OCH3 is 1. The lowest BCUT2D eigenvalue weighted by atomic mass is 9.84. The van der Waals surface area contributed by atoms with Gasteiger partial charge in [-0.1, -0.05) is 11.6 Å². The molecule has 0 spiro atoms. The fourth-order valence-electron chi connectivity index (χ4n) is 2.87. The van der Waals surface area contributed by atoms with E-state index < -0.39 is 6.10 Å². The molecule has 1 atom stereocenters. The maximum Gasteiger partial charge on any atom is 0.143 e. The summed E-state index contributed by atoms with van der Waals surface area (Å²) in [5.74, 6) is 0.591. The number of fused-ring (bicyclic) bond motifs is 1. The molecule has 4 heteroatoms. The molecule has 1 unspecified atom stereocenters. The van der Waals surface area contributed by atoms with Gasteiger partial charge in [-0.3, -0.25) is 0 Å². The molecule has 0 fully saturated rings. The Hall–Kier alpha value is -0.770. The van der Waals surface area contributed by atoms with Crippen molar-refractivity contribution in [2.45, 2.75) is 38.7 Å². The molecule has 18 heavy (non-hydrogen) atoms. The summed E-state index contributed by atoms with van der Waals surface area (Å²) < 4.78 is 5.40. The first-order valence-corrected chi connectivity index (χ1v) is 6.75. The minimum absolute atomic E-state index is 0.173. The lowest BCUT2D eigenvalue weighted by molar-refractivity contribution is 0.181. The molecule has 0 saturated carbocycles. The van der Waals surface area contributed by atoms with Crippen molar-refractivity contribution in [1.29, 1.82) is 0 Å². The highest BCUT2D eigenvalue weighted by Crippen LogP contribution is 2.43. The quantitative estimate of drug-likeness (QED) is 0.887. The Bertz CT molecular complexity index is 460. The molecule has 0 heterocycles. The average molecular weight is 270 g/mol. The standard InChI is InChI=1S/C14H20ClNO2/c1-8-9-5-3-4-6-10(9)13(15)14(18-2)12(8)11(17)7-16/h11,17H,3-7,16H2,1-2H3. The van der Waals surface area contributed by atoms with Gasteiger partial charge in [-0.2, -0.15) is 0 Å². The van der Waals surface area contributed by atoms with Gasteiger partial charge in [0.05, 0.1) is 18.2 Å². The highest BCUT2D eigenvalue weighted by Gasteiger charge is 2.26. The molecule has 2 rings (SSSR count). The first-order valence-electron chi connectivity index (χ1n) is 6.37. The van der Waals surface area contributed by atoms with E-state index in [-0.39, 0.29) is 6.54 Å². The molecule has 1 aliphatic carbocycles. The summed E-state index contributed by atoms with van der Waals surface area (Å²) in [6.45, 7) is 2.20.